The number of amides is 1. The molecule has 2 aliphatic heterocycles. The van der Waals surface area contributed by atoms with Gasteiger partial charge >= 0.3 is 6.09 Å². The van der Waals surface area contributed by atoms with E-state index in [9.17, 15) is 17.6 Å². The summed E-state index contributed by atoms with van der Waals surface area (Å²) in [7, 11) is -2.06. The number of hydrogen-bond donors (Lipinski definition) is 3. The van der Waals surface area contributed by atoms with Crippen molar-refractivity contribution in [2.45, 2.75) is 6.10 Å². The fourth-order valence-corrected chi connectivity index (χ4v) is 3.99. The van der Waals surface area contributed by atoms with Crippen LogP contribution in [0.2, 0.25) is 0 Å². The fourth-order valence-electron chi connectivity index (χ4n) is 3.24. The minimum Gasteiger partial charge on any atom is -0.442 e. The second kappa shape index (κ2) is 8.65. The number of thiocarbonyl (C=S) groups is 1. The number of cyclic esters (lactones) is 1. The summed E-state index contributed by atoms with van der Waals surface area (Å²) < 4.78 is 44.0. The predicted octanol–water partition coefficient (Wildman–Crippen LogP) is -0.430. The van der Waals surface area contributed by atoms with Gasteiger partial charge in [-0.05, 0) is 30.4 Å². The number of anilines is 2. The molecule has 1 aromatic carbocycles. The molecule has 4 N–H and O–H groups in total. The van der Waals surface area contributed by atoms with Crippen molar-refractivity contribution < 1.29 is 22.3 Å². The number of rotatable bonds is 5. The molecule has 3 rings (SSSR count). The SMILES string of the molecule is CNC(=S)NC[C@H]1CN(c2ccc(N3CCN(S(N)(=O)=O)CC3)c(F)c2)C(=O)O1. The molecule has 0 aliphatic carbocycles. The lowest BCUT2D eigenvalue weighted by atomic mass is 10.2. The molecule has 1 amide bonds. The van der Waals surface area contributed by atoms with Gasteiger partial charge in [-0.2, -0.15) is 12.7 Å². The zero-order valence-corrected chi connectivity index (χ0v) is 17.4. The van der Waals surface area contributed by atoms with Crippen LogP contribution in [0.15, 0.2) is 18.2 Å². The maximum absolute atomic E-state index is 14.7. The third kappa shape index (κ3) is 5.04. The van der Waals surface area contributed by atoms with E-state index in [4.69, 9.17) is 22.1 Å². The molecule has 29 heavy (non-hydrogen) atoms. The number of nitrogens with one attached hydrogen (secondary N) is 2. The highest BCUT2D eigenvalue weighted by atomic mass is 32.2. The maximum atomic E-state index is 14.7. The molecule has 1 atom stereocenters. The van der Waals surface area contributed by atoms with Crippen molar-refractivity contribution in [3.8, 4) is 0 Å². The monoisotopic (exact) mass is 446 g/mol. The summed E-state index contributed by atoms with van der Waals surface area (Å²) in [5, 5.41) is 11.3. The van der Waals surface area contributed by atoms with Crippen LogP contribution in [0, 0.1) is 5.82 Å². The number of benzene rings is 1. The van der Waals surface area contributed by atoms with Crippen LogP contribution in [0.4, 0.5) is 20.6 Å². The molecule has 0 aromatic heterocycles. The molecule has 0 unspecified atom stereocenters. The third-order valence-electron chi connectivity index (χ3n) is 4.77. The summed E-state index contributed by atoms with van der Waals surface area (Å²) in [5.41, 5.74) is 0.728. The number of nitrogens with zero attached hydrogens (tertiary/aromatic N) is 3. The first kappa shape index (κ1) is 21.5. The van der Waals surface area contributed by atoms with Gasteiger partial charge < -0.3 is 20.3 Å². The Morgan fingerprint density at radius 3 is 2.62 bits per heavy atom. The van der Waals surface area contributed by atoms with Crippen LogP contribution in [0.5, 0.6) is 0 Å². The Balaban J connectivity index is 1.64. The standard InChI is InChI=1S/C16H23FN6O4S2/c1-19-15(28)20-9-12-10-23(16(24)27-12)11-2-3-14(13(17)8-11)21-4-6-22(7-5-21)29(18,25)26/h2-3,8,12H,4-7,9-10H2,1H3,(H2,18,25,26)(H2,19,20,28)/t12-/m0/s1. The van der Waals surface area contributed by atoms with Crippen LogP contribution in [0.3, 0.4) is 0 Å². The molecule has 0 spiro atoms. The van der Waals surface area contributed by atoms with Crippen molar-refractivity contribution >= 4 is 45.0 Å². The van der Waals surface area contributed by atoms with Gasteiger partial charge in [0.25, 0.3) is 10.2 Å². The van der Waals surface area contributed by atoms with Crippen LogP contribution >= 0.6 is 12.2 Å². The van der Waals surface area contributed by atoms with Crippen molar-refractivity contribution in [2.75, 3.05) is 56.1 Å². The van der Waals surface area contributed by atoms with E-state index in [0.29, 0.717) is 36.1 Å². The molecule has 0 bridgehead atoms. The highest BCUT2D eigenvalue weighted by Crippen LogP contribution is 2.28. The minimum absolute atomic E-state index is 0.182. The van der Waals surface area contributed by atoms with Gasteiger partial charge in [0.15, 0.2) is 5.11 Å². The average Bonchev–Trinajstić information content (AvgIpc) is 3.06. The molecule has 2 heterocycles. The van der Waals surface area contributed by atoms with Crippen molar-refractivity contribution in [1.29, 1.82) is 0 Å². The van der Waals surface area contributed by atoms with Crippen molar-refractivity contribution in [2.24, 2.45) is 5.14 Å². The number of ether oxygens (including phenoxy) is 1. The van der Waals surface area contributed by atoms with Gasteiger partial charge in [-0.1, -0.05) is 0 Å². The molecule has 10 nitrogen and oxygen atoms in total. The second-order valence-corrected chi connectivity index (χ2v) is 8.60. The summed E-state index contributed by atoms with van der Waals surface area (Å²) in [6, 6.07) is 4.49. The van der Waals surface area contributed by atoms with E-state index < -0.39 is 28.2 Å². The van der Waals surface area contributed by atoms with Gasteiger partial charge in [0.1, 0.15) is 11.9 Å². The van der Waals surface area contributed by atoms with Crippen molar-refractivity contribution in [3.63, 3.8) is 0 Å². The van der Waals surface area contributed by atoms with Gasteiger partial charge in [-0.25, -0.2) is 14.3 Å². The normalized spacial score (nSPS) is 20.5. The lowest BCUT2D eigenvalue weighted by Crippen LogP contribution is -2.50. The van der Waals surface area contributed by atoms with Gasteiger partial charge in [0, 0.05) is 33.2 Å². The summed E-state index contributed by atoms with van der Waals surface area (Å²) in [5.74, 6) is -0.503. The smallest absolute Gasteiger partial charge is 0.414 e. The van der Waals surface area contributed by atoms with Crippen LogP contribution < -0.4 is 25.6 Å². The van der Waals surface area contributed by atoms with Gasteiger partial charge in [0.05, 0.1) is 24.5 Å². The number of piperazine rings is 1. The Morgan fingerprint density at radius 1 is 1.34 bits per heavy atom. The zero-order chi connectivity index (χ0) is 21.2. The molecule has 2 aliphatic rings. The molecular weight excluding hydrogens is 423 g/mol. The molecule has 2 fully saturated rings. The quantitative estimate of drug-likeness (QED) is 0.521. The van der Waals surface area contributed by atoms with Crippen molar-refractivity contribution in [1.82, 2.24) is 14.9 Å². The highest BCUT2D eigenvalue weighted by molar-refractivity contribution is 7.86. The largest absolute Gasteiger partial charge is 0.442 e. The van der Waals surface area contributed by atoms with Gasteiger partial charge in [-0.15, -0.1) is 0 Å². The van der Waals surface area contributed by atoms with Gasteiger partial charge in [0.2, 0.25) is 0 Å². The van der Waals surface area contributed by atoms with E-state index in [-0.39, 0.29) is 19.6 Å². The van der Waals surface area contributed by atoms with E-state index in [1.807, 2.05) is 0 Å². The summed E-state index contributed by atoms with van der Waals surface area (Å²) in [6.07, 6.45) is -0.969. The van der Waals surface area contributed by atoms with Crippen LogP contribution in [0.25, 0.3) is 0 Å². The third-order valence-corrected chi connectivity index (χ3v) is 6.21. The van der Waals surface area contributed by atoms with E-state index in [0.717, 1.165) is 4.31 Å². The van der Waals surface area contributed by atoms with E-state index in [2.05, 4.69) is 10.6 Å². The highest BCUT2D eigenvalue weighted by Gasteiger charge is 2.33. The number of carbonyl (C=O) groups excluding carboxylic acids is 1. The summed E-state index contributed by atoms with van der Waals surface area (Å²) >= 11 is 4.99. The molecule has 2 saturated heterocycles. The molecule has 13 heteroatoms. The van der Waals surface area contributed by atoms with Crippen LogP contribution in [-0.2, 0) is 14.9 Å². The lowest BCUT2D eigenvalue weighted by Gasteiger charge is -2.34. The first-order valence-electron chi connectivity index (χ1n) is 8.95. The Kier molecular flexibility index (Phi) is 6.41. The van der Waals surface area contributed by atoms with Gasteiger partial charge in [-0.3, -0.25) is 4.90 Å². The van der Waals surface area contributed by atoms with E-state index >= 15 is 0 Å². The topological polar surface area (TPSA) is 120 Å². The Labute approximate surface area is 173 Å². The maximum Gasteiger partial charge on any atom is 0.414 e. The minimum atomic E-state index is -3.75. The van der Waals surface area contributed by atoms with Crippen molar-refractivity contribution in [3.05, 3.63) is 24.0 Å². The van der Waals surface area contributed by atoms with Crippen LogP contribution in [-0.4, -0.2) is 76.3 Å². The fraction of sp³-hybridized carbons (Fsp3) is 0.500. The molecular formula is C16H23FN6O4S2. The second-order valence-electron chi connectivity index (χ2n) is 6.64. The summed E-state index contributed by atoms with van der Waals surface area (Å²) in [6.45, 7) is 1.61. The first-order chi connectivity index (χ1) is 13.7. The number of nitrogens with two attached hydrogens (primary N) is 1. The molecule has 160 valence electrons. The predicted molar refractivity (Wildman–Crippen MR) is 111 cm³/mol. The molecule has 0 saturated carbocycles. The van der Waals surface area contributed by atoms with Crippen LogP contribution in [0.1, 0.15) is 0 Å². The first-order valence-corrected chi connectivity index (χ1v) is 10.9. The molecule has 1 aromatic rings. The Bertz CT molecular complexity index is 891. The Hall–Kier alpha value is -2.22. The van der Waals surface area contributed by atoms with E-state index in [1.165, 1.54) is 11.0 Å². The lowest BCUT2D eigenvalue weighted by molar-refractivity contribution is 0.143. The number of halogens is 1. The number of carbonyl (C=O) groups is 1. The zero-order valence-electron chi connectivity index (χ0n) is 15.8. The van der Waals surface area contributed by atoms with E-state index in [1.54, 1.807) is 24.1 Å². The summed E-state index contributed by atoms with van der Waals surface area (Å²) in [4.78, 5) is 15.3. The number of hydrogen-bond acceptors (Lipinski definition) is 6. The Morgan fingerprint density at radius 2 is 2.03 bits per heavy atom. The average molecular weight is 447 g/mol. The molecule has 0 radical (unpaired) electrons.